The predicted octanol–water partition coefficient (Wildman–Crippen LogP) is 3.66. The van der Waals surface area contributed by atoms with Gasteiger partial charge in [0.1, 0.15) is 11.3 Å². The third kappa shape index (κ3) is 3.48. The fraction of sp³-hybridized carbons (Fsp3) is 0.435. The molecule has 3 aliphatic rings. The van der Waals surface area contributed by atoms with Gasteiger partial charge in [-0.2, -0.15) is 0 Å². The highest BCUT2D eigenvalue weighted by Gasteiger charge is 2.57. The molecule has 0 radical (unpaired) electrons. The van der Waals surface area contributed by atoms with Crippen molar-refractivity contribution in [2.45, 2.75) is 52.7 Å². The van der Waals surface area contributed by atoms with Crippen LogP contribution in [0.3, 0.4) is 0 Å². The summed E-state index contributed by atoms with van der Waals surface area (Å²) in [6.45, 7) is 8.53. The molecule has 0 unspecified atom stereocenters. The molecule has 0 saturated carbocycles. The molecule has 3 rings (SSSR count). The summed E-state index contributed by atoms with van der Waals surface area (Å²) < 4.78 is 11.1. The molecule has 0 amide bonds. The van der Waals surface area contributed by atoms with Gasteiger partial charge >= 0.3 is 5.97 Å². The second-order valence-corrected chi connectivity index (χ2v) is 8.44. The molecule has 0 saturated heterocycles. The van der Waals surface area contributed by atoms with E-state index in [4.69, 9.17) is 21.1 Å². The number of carbonyl (C=O) groups is 3. The van der Waals surface area contributed by atoms with E-state index in [9.17, 15) is 19.5 Å². The molecular weight excluding hydrogens is 408 g/mol. The van der Waals surface area contributed by atoms with Crippen molar-refractivity contribution < 1.29 is 29.0 Å². The van der Waals surface area contributed by atoms with Gasteiger partial charge < -0.3 is 14.6 Å². The zero-order chi connectivity index (χ0) is 22.4. The highest BCUT2D eigenvalue weighted by atomic mass is 35.5. The second-order valence-electron chi connectivity index (χ2n) is 8.06. The maximum atomic E-state index is 13.0. The lowest BCUT2D eigenvalue weighted by Crippen LogP contribution is -2.42. The summed E-state index contributed by atoms with van der Waals surface area (Å²) >= 11 is 6.37. The average Bonchev–Trinajstić information content (AvgIpc) is 3.00. The monoisotopic (exact) mass is 432 g/mol. The van der Waals surface area contributed by atoms with Crippen molar-refractivity contribution in [3.8, 4) is 0 Å². The Morgan fingerprint density at radius 2 is 1.97 bits per heavy atom. The Bertz CT molecular complexity index is 978. The third-order valence-corrected chi connectivity index (χ3v) is 6.25. The first-order valence-electron chi connectivity index (χ1n) is 9.95. The smallest absolute Gasteiger partial charge is 0.343 e. The molecule has 0 fully saturated rings. The first-order valence-corrected chi connectivity index (χ1v) is 10.3. The molecule has 0 aromatic rings. The highest BCUT2D eigenvalue weighted by Crippen LogP contribution is 2.49. The van der Waals surface area contributed by atoms with Crippen LogP contribution in [0.2, 0.25) is 0 Å². The first-order chi connectivity index (χ1) is 14.0. The standard InChI is InChI=1S/C23H25ClO6/c1-6-11(2)7-8-14-9-15-16(10-29-14)18-17(20(26)12(3)13(4)25)22(28)30-23(18,5)21(27)19(15)24/h7-13,25H,6H2,1-5H3/b8-7+/t11-,12+,13+,23-/m0/s1. The molecular formula is C23H25ClO6. The molecule has 1 aliphatic carbocycles. The summed E-state index contributed by atoms with van der Waals surface area (Å²) in [6.07, 6.45) is 6.76. The summed E-state index contributed by atoms with van der Waals surface area (Å²) in [5.41, 5.74) is -1.10. The zero-order valence-electron chi connectivity index (χ0n) is 17.6. The number of allylic oxidation sites excluding steroid dienone is 4. The van der Waals surface area contributed by atoms with Gasteiger partial charge in [0, 0.05) is 22.6 Å². The van der Waals surface area contributed by atoms with E-state index in [2.05, 4.69) is 13.8 Å². The van der Waals surface area contributed by atoms with Gasteiger partial charge in [0.15, 0.2) is 11.4 Å². The molecule has 0 bridgehead atoms. The molecule has 2 aliphatic heterocycles. The van der Waals surface area contributed by atoms with Gasteiger partial charge in [-0.3, -0.25) is 9.59 Å². The van der Waals surface area contributed by atoms with E-state index in [1.807, 2.05) is 6.08 Å². The second kappa shape index (κ2) is 8.00. The number of esters is 1. The van der Waals surface area contributed by atoms with Gasteiger partial charge in [-0.15, -0.1) is 0 Å². The van der Waals surface area contributed by atoms with Crippen molar-refractivity contribution in [3.63, 3.8) is 0 Å². The van der Waals surface area contributed by atoms with Crippen molar-refractivity contribution in [1.82, 2.24) is 0 Å². The summed E-state index contributed by atoms with van der Waals surface area (Å²) in [6, 6.07) is 0. The number of Topliss-reactive ketones (excluding diaryl/α,β-unsaturated/α-hetero) is 2. The Balaban J connectivity index is 2.15. The van der Waals surface area contributed by atoms with Crippen LogP contribution in [0, 0.1) is 11.8 Å². The number of halogens is 1. The van der Waals surface area contributed by atoms with Crippen LogP contribution in [0.15, 0.2) is 57.6 Å². The minimum Gasteiger partial charge on any atom is -0.464 e. The number of aliphatic hydroxyl groups is 1. The Hall–Kier alpha value is -2.44. The molecule has 0 spiro atoms. The van der Waals surface area contributed by atoms with E-state index in [0.29, 0.717) is 22.8 Å². The van der Waals surface area contributed by atoms with Gasteiger partial charge in [0.2, 0.25) is 5.78 Å². The van der Waals surface area contributed by atoms with Crippen LogP contribution in [-0.4, -0.2) is 34.3 Å². The number of ketones is 2. The molecule has 6 nitrogen and oxygen atoms in total. The van der Waals surface area contributed by atoms with E-state index in [0.717, 1.165) is 6.42 Å². The zero-order valence-corrected chi connectivity index (χ0v) is 18.4. The van der Waals surface area contributed by atoms with E-state index in [-0.39, 0.29) is 16.2 Å². The Morgan fingerprint density at radius 3 is 2.57 bits per heavy atom. The summed E-state index contributed by atoms with van der Waals surface area (Å²) in [7, 11) is 0. The minimum atomic E-state index is -1.71. The molecule has 30 heavy (non-hydrogen) atoms. The Morgan fingerprint density at radius 1 is 1.30 bits per heavy atom. The Kier molecular flexibility index (Phi) is 5.94. The quantitative estimate of drug-likeness (QED) is 0.509. The molecule has 7 heteroatoms. The van der Waals surface area contributed by atoms with Crippen LogP contribution < -0.4 is 0 Å². The molecule has 0 aromatic carbocycles. The number of hydrogen-bond acceptors (Lipinski definition) is 6. The fourth-order valence-electron chi connectivity index (χ4n) is 3.48. The number of ether oxygens (including phenoxy) is 2. The van der Waals surface area contributed by atoms with Gasteiger partial charge in [0.25, 0.3) is 0 Å². The SMILES string of the molecule is CC[C@H](C)/C=C/C1=CC2=C(Cl)C(=O)[C@@]3(C)OC(=O)C(C(=O)[C@H](C)[C@@H](C)O)=C3C2=CO1. The normalized spacial score (nSPS) is 26.5. The van der Waals surface area contributed by atoms with Crippen LogP contribution in [0.4, 0.5) is 0 Å². The van der Waals surface area contributed by atoms with Crippen molar-refractivity contribution in [2.75, 3.05) is 0 Å². The van der Waals surface area contributed by atoms with Crippen LogP contribution >= 0.6 is 11.6 Å². The highest BCUT2D eigenvalue weighted by molar-refractivity contribution is 6.46. The predicted molar refractivity (Wildman–Crippen MR) is 111 cm³/mol. The van der Waals surface area contributed by atoms with Crippen molar-refractivity contribution in [2.24, 2.45) is 11.8 Å². The van der Waals surface area contributed by atoms with E-state index in [1.165, 1.54) is 27.0 Å². The van der Waals surface area contributed by atoms with Crippen molar-refractivity contribution >= 4 is 29.1 Å². The van der Waals surface area contributed by atoms with Crippen LogP contribution in [-0.2, 0) is 23.9 Å². The molecule has 4 atom stereocenters. The maximum Gasteiger partial charge on any atom is 0.343 e. The van der Waals surface area contributed by atoms with Crippen LogP contribution in [0.25, 0.3) is 0 Å². The number of aliphatic hydroxyl groups excluding tert-OH is 1. The average molecular weight is 433 g/mol. The minimum absolute atomic E-state index is 0.0877. The summed E-state index contributed by atoms with van der Waals surface area (Å²) in [5, 5.41) is 9.75. The largest absolute Gasteiger partial charge is 0.464 e. The lowest BCUT2D eigenvalue weighted by Gasteiger charge is -2.33. The van der Waals surface area contributed by atoms with E-state index in [1.54, 1.807) is 12.2 Å². The number of hydrogen-bond donors (Lipinski definition) is 1. The van der Waals surface area contributed by atoms with Crippen LogP contribution in [0.1, 0.15) is 41.0 Å². The number of fused-ring (bicyclic) bond motifs is 3. The van der Waals surface area contributed by atoms with Crippen molar-refractivity contribution in [3.05, 3.63) is 57.6 Å². The van der Waals surface area contributed by atoms with Crippen molar-refractivity contribution in [1.29, 1.82) is 0 Å². The van der Waals surface area contributed by atoms with Gasteiger partial charge in [-0.05, 0) is 31.9 Å². The number of carbonyl (C=O) groups excluding carboxylic acids is 3. The summed E-state index contributed by atoms with van der Waals surface area (Å²) in [4.78, 5) is 38.6. The molecule has 0 aromatic heterocycles. The topological polar surface area (TPSA) is 89.9 Å². The van der Waals surface area contributed by atoms with Crippen LogP contribution in [0.5, 0.6) is 0 Å². The molecule has 160 valence electrons. The lowest BCUT2D eigenvalue weighted by molar-refractivity contribution is -0.153. The molecule has 1 N–H and O–H groups in total. The fourth-order valence-corrected chi connectivity index (χ4v) is 3.82. The summed E-state index contributed by atoms with van der Waals surface area (Å²) in [5.74, 6) is -2.12. The number of rotatable bonds is 6. The van der Waals surface area contributed by atoms with Gasteiger partial charge in [-0.25, -0.2) is 4.79 Å². The van der Waals surface area contributed by atoms with Gasteiger partial charge in [-0.1, -0.05) is 44.9 Å². The van der Waals surface area contributed by atoms with E-state index < -0.39 is 35.2 Å². The molecule has 2 heterocycles. The van der Waals surface area contributed by atoms with Gasteiger partial charge in [0.05, 0.1) is 17.4 Å². The van der Waals surface area contributed by atoms with E-state index >= 15 is 0 Å². The maximum absolute atomic E-state index is 13.0. The third-order valence-electron chi connectivity index (χ3n) is 5.87. The Labute approximate surface area is 180 Å². The first kappa shape index (κ1) is 22.2. The lowest BCUT2D eigenvalue weighted by atomic mass is 9.74.